The third-order valence-corrected chi connectivity index (χ3v) is 3.80. The molecular weight excluding hydrogens is 178 g/mol. The lowest BCUT2D eigenvalue weighted by atomic mass is 9.91. The highest BCUT2D eigenvalue weighted by molar-refractivity contribution is 7.98. The Kier molecular flexibility index (Phi) is 5.88. The molecule has 0 radical (unpaired) electrons. The Bertz CT molecular complexity index is 119. The van der Waals surface area contributed by atoms with Crippen molar-refractivity contribution < 1.29 is 0 Å². The number of nitrogens with two attached hydrogens (primary N) is 1. The number of thioether (sulfide) groups is 1. The summed E-state index contributed by atoms with van der Waals surface area (Å²) >= 11 is 1.92. The van der Waals surface area contributed by atoms with Crippen molar-refractivity contribution in [2.24, 2.45) is 11.7 Å². The van der Waals surface area contributed by atoms with Crippen molar-refractivity contribution in [1.82, 2.24) is 0 Å². The van der Waals surface area contributed by atoms with Crippen molar-refractivity contribution in [3.8, 4) is 0 Å². The van der Waals surface area contributed by atoms with Crippen LogP contribution in [-0.2, 0) is 0 Å². The van der Waals surface area contributed by atoms with Crippen LogP contribution >= 0.6 is 11.8 Å². The van der Waals surface area contributed by atoms with Crippen LogP contribution in [0.1, 0.15) is 44.9 Å². The Labute approximate surface area is 86.8 Å². The van der Waals surface area contributed by atoms with Gasteiger partial charge in [-0.15, -0.1) is 0 Å². The second-order valence-electron chi connectivity index (χ2n) is 4.20. The number of rotatable bonds is 4. The molecule has 13 heavy (non-hydrogen) atoms. The highest BCUT2D eigenvalue weighted by atomic mass is 32.2. The lowest BCUT2D eigenvalue weighted by Crippen LogP contribution is -2.30. The zero-order valence-electron chi connectivity index (χ0n) is 8.80. The van der Waals surface area contributed by atoms with E-state index in [2.05, 4.69) is 6.26 Å². The molecule has 0 aromatic carbocycles. The van der Waals surface area contributed by atoms with Gasteiger partial charge in [-0.2, -0.15) is 11.8 Å². The summed E-state index contributed by atoms with van der Waals surface area (Å²) in [4.78, 5) is 0. The molecule has 1 aliphatic carbocycles. The van der Waals surface area contributed by atoms with E-state index >= 15 is 0 Å². The Morgan fingerprint density at radius 1 is 1.23 bits per heavy atom. The smallest absolute Gasteiger partial charge is 0.00750 e. The fraction of sp³-hybridized carbons (Fsp3) is 1.00. The summed E-state index contributed by atoms with van der Waals surface area (Å²) in [5, 5.41) is 0. The van der Waals surface area contributed by atoms with Gasteiger partial charge >= 0.3 is 0 Å². The van der Waals surface area contributed by atoms with E-state index in [9.17, 15) is 0 Å². The largest absolute Gasteiger partial charge is 0.327 e. The summed E-state index contributed by atoms with van der Waals surface area (Å²) in [5.74, 6) is 2.06. The van der Waals surface area contributed by atoms with Crippen molar-refractivity contribution in [2.75, 3.05) is 12.0 Å². The quantitative estimate of drug-likeness (QED) is 0.708. The van der Waals surface area contributed by atoms with Gasteiger partial charge in [0.05, 0.1) is 0 Å². The highest BCUT2D eigenvalue weighted by Crippen LogP contribution is 2.26. The van der Waals surface area contributed by atoms with E-state index in [0.29, 0.717) is 6.04 Å². The molecule has 0 bridgehead atoms. The first kappa shape index (κ1) is 11.4. The van der Waals surface area contributed by atoms with Crippen molar-refractivity contribution in [3.63, 3.8) is 0 Å². The summed E-state index contributed by atoms with van der Waals surface area (Å²) in [6.45, 7) is 0. The van der Waals surface area contributed by atoms with Gasteiger partial charge in [0, 0.05) is 6.04 Å². The van der Waals surface area contributed by atoms with Crippen LogP contribution in [0, 0.1) is 5.92 Å². The maximum Gasteiger partial charge on any atom is 0.00750 e. The van der Waals surface area contributed by atoms with Crippen LogP contribution in [0.25, 0.3) is 0 Å². The SMILES string of the molecule is CSCCC(N)C1CCCCCC1. The molecule has 0 heterocycles. The topological polar surface area (TPSA) is 26.0 Å². The molecule has 1 fully saturated rings. The van der Waals surface area contributed by atoms with Gasteiger partial charge in [-0.25, -0.2) is 0 Å². The Morgan fingerprint density at radius 2 is 1.85 bits per heavy atom. The molecular formula is C11H23NS. The van der Waals surface area contributed by atoms with Crippen LogP contribution in [0.4, 0.5) is 0 Å². The van der Waals surface area contributed by atoms with Crippen LogP contribution in [0.5, 0.6) is 0 Å². The van der Waals surface area contributed by atoms with E-state index in [4.69, 9.17) is 5.73 Å². The number of hydrogen-bond donors (Lipinski definition) is 1. The van der Waals surface area contributed by atoms with E-state index < -0.39 is 0 Å². The first-order valence-electron chi connectivity index (χ1n) is 5.59. The Balaban J connectivity index is 2.22. The lowest BCUT2D eigenvalue weighted by molar-refractivity contribution is 0.368. The maximum atomic E-state index is 6.19. The first-order valence-corrected chi connectivity index (χ1v) is 6.98. The molecule has 1 aliphatic rings. The molecule has 0 aromatic rings. The van der Waals surface area contributed by atoms with Gasteiger partial charge in [-0.05, 0) is 37.2 Å². The lowest BCUT2D eigenvalue weighted by Gasteiger charge is -2.21. The second kappa shape index (κ2) is 6.72. The molecule has 1 saturated carbocycles. The molecule has 1 unspecified atom stereocenters. The molecule has 2 heteroatoms. The molecule has 1 atom stereocenters. The van der Waals surface area contributed by atoms with E-state index in [-0.39, 0.29) is 0 Å². The molecule has 78 valence electrons. The van der Waals surface area contributed by atoms with Crippen LogP contribution in [-0.4, -0.2) is 18.1 Å². The summed E-state index contributed by atoms with van der Waals surface area (Å²) < 4.78 is 0. The monoisotopic (exact) mass is 201 g/mol. The molecule has 0 aliphatic heterocycles. The van der Waals surface area contributed by atoms with Crippen molar-refractivity contribution in [1.29, 1.82) is 0 Å². The molecule has 1 rings (SSSR count). The van der Waals surface area contributed by atoms with Crippen molar-refractivity contribution in [3.05, 3.63) is 0 Å². The minimum Gasteiger partial charge on any atom is -0.327 e. The molecule has 0 amide bonds. The Hall–Kier alpha value is 0.310. The van der Waals surface area contributed by atoms with Crippen molar-refractivity contribution in [2.45, 2.75) is 51.0 Å². The van der Waals surface area contributed by atoms with E-state index in [1.807, 2.05) is 11.8 Å². The third kappa shape index (κ3) is 4.37. The van der Waals surface area contributed by atoms with Crippen LogP contribution in [0.15, 0.2) is 0 Å². The summed E-state index contributed by atoms with van der Waals surface area (Å²) in [7, 11) is 0. The fourth-order valence-electron chi connectivity index (χ4n) is 2.23. The third-order valence-electron chi connectivity index (χ3n) is 3.16. The summed E-state index contributed by atoms with van der Waals surface area (Å²) in [6, 6.07) is 0.477. The van der Waals surface area contributed by atoms with Gasteiger partial charge in [0.25, 0.3) is 0 Å². The van der Waals surface area contributed by atoms with E-state index in [1.165, 1.54) is 50.7 Å². The van der Waals surface area contributed by atoms with Gasteiger partial charge in [-0.1, -0.05) is 25.7 Å². The van der Waals surface area contributed by atoms with Crippen LogP contribution in [0.2, 0.25) is 0 Å². The maximum absolute atomic E-state index is 6.19. The van der Waals surface area contributed by atoms with E-state index in [0.717, 1.165) is 5.92 Å². The van der Waals surface area contributed by atoms with Gasteiger partial charge < -0.3 is 5.73 Å². The molecule has 0 saturated heterocycles. The van der Waals surface area contributed by atoms with Crippen molar-refractivity contribution >= 4 is 11.8 Å². The molecule has 0 spiro atoms. The predicted octanol–water partition coefficient (Wildman–Crippen LogP) is 3.04. The van der Waals surface area contributed by atoms with Crippen LogP contribution in [0.3, 0.4) is 0 Å². The fourth-order valence-corrected chi connectivity index (χ4v) is 2.74. The molecule has 2 N–H and O–H groups in total. The molecule has 0 aromatic heterocycles. The highest BCUT2D eigenvalue weighted by Gasteiger charge is 2.18. The number of hydrogen-bond acceptors (Lipinski definition) is 2. The first-order chi connectivity index (χ1) is 6.34. The molecule has 1 nitrogen and oxygen atoms in total. The predicted molar refractivity (Wildman–Crippen MR) is 62.2 cm³/mol. The van der Waals surface area contributed by atoms with Gasteiger partial charge in [0.15, 0.2) is 0 Å². The van der Waals surface area contributed by atoms with Gasteiger partial charge in [-0.3, -0.25) is 0 Å². The minimum atomic E-state index is 0.477. The van der Waals surface area contributed by atoms with E-state index in [1.54, 1.807) is 0 Å². The zero-order chi connectivity index (χ0) is 9.52. The zero-order valence-corrected chi connectivity index (χ0v) is 9.61. The van der Waals surface area contributed by atoms with Crippen LogP contribution < -0.4 is 5.73 Å². The average Bonchev–Trinajstić information content (AvgIpc) is 2.42. The summed E-state index contributed by atoms with van der Waals surface area (Å²) in [5.41, 5.74) is 6.19. The van der Waals surface area contributed by atoms with Gasteiger partial charge in [0.2, 0.25) is 0 Å². The normalized spacial score (nSPS) is 22.6. The second-order valence-corrected chi connectivity index (χ2v) is 5.18. The average molecular weight is 201 g/mol. The van der Waals surface area contributed by atoms with Gasteiger partial charge in [0.1, 0.15) is 0 Å². The standard InChI is InChI=1S/C11H23NS/c1-13-9-8-11(12)10-6-4-2-3-5-7-10/h10-11H,2-9,12H2,1H3. The summed E-state index contributed by atoms with van der Waals surface area (Å²) in [6.07, 6.45) is 11.9. The Morgan fingerprint density at radius 3 is 2.38 bits per heavy atom. The minimum absolute atomic E-state index is 0.477.